The molecule has 1 aromatic carbocycles. The van der Waals surface area contributed by atoms with E-state index in [4.69, 9.17) is 21.4 Å². The number of hydrogen-bond acceptors (Lipinski definition) is 3. The zero-order valence-electron chi connectivity index (χ0n) is 12.1. The Hall–Kier alpha value is -1.91. The first-order valence-electron chi connectivity index (χ1n) is 7.49. The van der Waals surface area contributed by atoms with Crippen LogP contribution in [0.25, 0.3) is 22.2 Å². The van der Waals surface area contributed by atoms with Crippen molar-refractivity contribution in [2.75, 3.05) is 13.2 Å². The number of benzene rings is 1. The van der Waals surface area contributed by atoms with Crippen molar-refractivity contribution in [3.8, 4) is 11.3 Å². The Morgan fingerprint density at radius 3 is 2.64 bits per heavy atom. The number of nitrogens with zero attached hydrogens (tertiary/aromatic N) is 3. The second kappa shape index (κ2) is 5.71. The van der Waals surface area contributed by atoms with Crippen molar-refractivity contribution in [2.45, 2.75) is 18.9 Å². The van der Waals surface area contributed by atoms with Crippen LogP contribution >= 0.6 is 11.6 Å². The first-order chi connectivity index (χ1) is 10.8. The molecule has 0 aliphatic carbocycles. The highest BCUT2D eigenvalue weighted by atomic mass is 35.5. The molecule has 112 valence electrons. The van der Waals surface area contributed by atoms with Gasteiger partial charge in [0.25, 0.3) is 0 Å². The van der Waals surface area contributed by atoms with E-state index in [1.807, 2.05) is 36.5 Å². The summed E-state index contributed by atoms with van der Waals surface area (Å²) < 4.78 is 7.64. The van der Waals surface area contributed by atoms with Crippen molar-refractivity contribution in [2.24, 2.45) is 0 Å². The van der Waals surface area contributed by atoms with Crippen molar-refractivity contribution < 1.29 is 4.74 Å². The first kappa shape index (κ1) is 13.7. The summed E-state index contributed by atoms with van der Waals surface area (Å²) in [6.45, 7) is 1.58. The summed E-state index contributed by atoms with van der Waals surface area (Å²) in [6.07, 6.45) is 5.65. The van der Waals surface area contributed by atoms with Crippen LogP contribution in [0.4, 0.5) is 0 Å². The highest BCUT2D eigenvalue weighted by Gasteiger charge is 2.22. The molecule has 1 aliphatic heterocycles. The molecule has 0 radical (unpaired) electrons. The fourth-order valence-electron chi connectivity index (χ4n) is 3.04. The monoisotopic (exact) mass is 313 g/mol. The lowest BCUT2D eigenvalue weighted by atomic mass is 10.1. The maximum atomic E-state index is 6.03. The van der Waals surface area contributed by atoms with Crippen LogP contribution in [-0.4, -0.2) is 28.0 Å². The van der Waals surface area contributed by atoms with Crippen LogP contribution in [0.1, 0.15) is 18.9 Å². The summed E-state index contributed by atoms with van der Waals surface area (Å²) in [5, 5.41) is 6.64. The van der Waals surface area contributed by atoms with E-state index in [1.165, 1.54) is 0 Å². The molecule has 0 spiro atoms. The zero-order valence-corrected chi connectivity index (χ0v) is 12.8. The normalized spacial score (nSPS) is 16.2. The Morgan fingerprint density at radius 2 is 1.86 bits per heavy atom. The lowest BCUT2D eigenvalue weighted by Gasteiger charge is -2.24. The summed E-state index contributed by atoms with van der Waals surface area (Å²) in [4.78, 5) is 4.27. The zero-order chi connectivity index (χ0) is 14.9. The minimum atomic E-state index is 0.367. The van der Waals surface area contributed by atoms with E-state index >= 15 is 0 Å². The number of halogens is 1. The van der Waals surface area contributed by atoms with Crippen LogP contribution in [0.3, 0.4) is 0 Å². The minimum Gasteiger partial charge on any atom is -0.381 e. The SMILES string of the molecule is Clc1ccc(-c2c3cnccc3nn2C2CCOCC2)cc1. The Bertz CT molecular complexity index is 791. The Labute approximate surface area is 133 Å². The van der Waals surface area contributed by atoms with Crippen LogP contribution in [-0.2, 0) is 4.74 Å². The van der Waals surface area contributed by atoms with E-state index in [0.29, 0.717) is 6.04 Å². The van der Waals surface area contributed by atoms with Gasteiger partial charge in [-0.25, -0.2) is 0 Å². The highest BCUT2D eigenvalue weighted by Crippen LogP contribution is 2.34. The molecule has 2 aromatic heterocycles. The van der Waals surface area contributed by atoms with Gasteiger partial charge in [0.05, 0.1) is 17.3 Å². The van der Waals surface area contributed by atoms with E-state index in [9.17, 15) is 0 Å². The van der Waals surface area contributed by atoms with Gasteiger partial charge in [-0.05, 0) is 31.0 Å². The van der Waals surface area contributed by atoms with Gasteiger partial charge in [-0.3, -0.25) is 9.67 Å². The minimum absolute atomic E-state index is 0.367. The average molecular weight is 314 g/mol. The third-order valence-electron chi connectivity index (χ3n) is 4.15. The molecular formula is C17H16ClN3O. The average Bonchev–Trinajstić information content (AvgIpc) is 2.96. The molecule has 0 N–H and O–H groups in total. The Morgan fingerprint density at radius 1 is 1.09 bits per heavy atom. The molecule has 3 aromatic rings. The molecule has 1 aliphatic rings. The van der Waals surface area contributed by atoms with Gasteiger partial charge in [0, 0.05) is 41.6 Å². The van der Waals surface area contributed by atoms with Gasteiger partial charge in [0.15, 0.2) is 0 Å². The molecule has 5 heteroatoms. The van der Waals surface area contributed by atoms with Gasteiger partial charge in [-0.1, -0.05) is 23.7 Å². The van der Waals surface area contributed by atoms with Crippen molar-refractivity contribution in [1.29, 1.82) is 0 Å². The first-order valence-corrected chi connectivity index (χ1v) is 7.86. The summed E-state index contributed by atoms with van der Waals surface area (Å²) in [7, 11) is 0. The molecule has 4 nitrogen and oxygen atoms in total. The molecule has 0 bridgehead atoms. The molecule has 0 amide bonds. The Balaban J connectivity index is 1.91. The molecular weight excluding hydrogens is 298 g/mol. The number of fused-ring (bicyclic) bond motifs is 1. The highest BCUT2D eigenvalue weighted by molar-refractivity contribution is 6.30. The summed E-state index contributed by atoms with van der Waals surface area (Å²) in [5.41, 5.74) is 3.21. The van der Waals surface area contributed by atoms with Crippen LogP contribution in [0.5, 0.6) is 0 Å². The molecule has 0 saturated carbocycles. The van der Waals surface area contributed by atoms with E-state index in [2.05, 4.69) is 9.67 Å². The van der Waals surface area contributed by atoms with Gasteiger partial charge < -0.3 is 4.74 Å². The number of ether oxygens (including phenoxy) is 1. The fourth-order valence-corrected chi connectivity index (χ4v) is 3.16. The van der Waals surface area contributed by atoms with Gasteiger partial charge >= 0.3 is 0 Å². The van der Waals surface area contributed by atoms with Gasteiger partial charge in [0.2, 0.25) is 0 Å². The fraction of sp³-hybridized carbons (Fsp3) is 0.294. The van der Waals surface area contributed by atoms with E-state index in [-0.39, 0.29) is 0 Å². The number of rotatable bonds is 2. The molecule has 22 heavy (non-hydrogen) atoms. The second-order valence-corrected chi connectivity index (χ2v) is 5.97. The van der Waals surface area contributed by atoms with E-state index in [0.717, 1.165) is 53.2 Å². The molecule has 0 atom stereocenters. The molecule has 1 fully saturated rings. The molecule has 0 unspecified atom stereocenters. The molecule has 3 heterocycles. The third kappa shape index (κ3) is 2.38. The van der Waals surface area contributed by atoms with Crippen molar-refractivity contribution in [1.82, 2.24) is 14.8 Å². The van der Waals surface area contributed by atoms with Gasteiger partial charge in [-0.15, -0.1) is 0 Å². The standard InChI is InChI=1S/C17H16ClN3O/c18-13-3-1-12(2-4-13)17-15-11-19-8-5-16(15)20-21(17)14-6-9-22-10-7-14/h1-5,8,11,14H,6-7,9-10H2. The maximum absolute atomic E-state index is 6.03. The van der Waals surface area contributed by atoms with Crippen LogP contribution in [0, 0.1) is 0 Å². The van der Waals surface area contributed by atoms with Crippen molar-refractivity contribution >= 4 is 22.5 Å². The van der Waals surface area contributed by atoms with Crippen LogP contribution < -0.4 is 0 Å². The summed E-state index contributed by atoms with van der Waals surface area (Å²) >= 11 is 6.03. The number of aromatic nitrogens is 3. The molecule has 4 rings (SSSR count). The second-order valence-electron chi connectivity index (χ2n) is 5.54. The van der Waals surface area contributed by atoms with Crippen molar-refractivity contribution in [3.05, 3.63) is 47.7 Å². The van der Waals surface area contributed by atoms with E-state index in [1.54, 1.807) is 6.20 Å². The number of pyridine rings is 1. The Kier molecular flexibility index (Phi) is 3.56. The quantitative estimate of drug-likeness (QED) is 0.715. The van der Waals surface area contributed by atoms with E-state index < -0.39 is 0 Å². The smallest absolute Gasteiger partial charge is 0.0960 e. The summed E-state index contributed by atoms with van der Waals surface area (Å²) in [5.74, 6) is 0. The topological polar surface area (TPSA) is 39.9 Å². The third-order valence-corrected chi connectivity index (χ3v) is 4.40. The number of hydrogen-bond donors (Lipinski definition) is 0. The van der Waals surface area contributed by atoms with Gasteiger partial charge in [-0.2, -0.15) is 5.10 Å². The molecule has 1 saturated heterocycles. The van der Waals surface area contributed by atoms with Gasteiger partial charge in [0.1, 0.15) is 0 Å². The lowest BCUT2D eigenvalue weighted by Crippen LogP contribution is -2.21. The van der Waals surface area contributed by atoms with Crippen molar-refractivity contribution in [3.63, 3.8) is 0 Å². The lowest BCUT2D eigenvalue weighted by molar-refractivity contribution is 0.0669. The van der Waals surface area contributed by atoms with Crippen LogP contribution in [0.15, 0.2) is 42.7 Å². The largest absolute Gasteiger partial charge is 0.381 e. The van der Waals surface area contributed by atoms with Crippen LogP contribution in [0.2, 0.25) is 5.02 Å². The predicted octanol–water partition coefficient (Wildman–Crippen LogP) is 4.10. The summed E-state index contributed by atoms with van der Waals surface area (Å²) in [6, 6.07) is 10.3. The predicted molar refractivity (Wildman–Crippen MR) is 87.1 cm³/mol. The maximum Gasteiger partial charge on any atom is 0.0960 e.